The topological polar surface area (TPSA) is 13.1 Å². The third kappa shape index (κ3) is 0.516. The summed E-state index contributed by atoms with van der Waals surface area (Å²) in [5, 5.41) is 0.981. The molecule has 0 saturated carbocycles. The van der Waals surface area contributed by atoms with Crippen LogP contribution in [0.3, 0.4) is 0 Å². The second kappa shape index (κ2) is 1.30. The van der Waals surface area contributed by atoms with Gasteiger partial charge in [-0.2, -0.15) is 0 Å². The number of hydrogen-bond acceptors (Lipinski definition) is 1. The van der Waals surface area contributed by atoms with Crippen LogP contribution in [0.4, 0.5) is 0 Å². The molecule has 29 valence electrons. The van der Waals surface area contributed by atoms with E-state index in [0.29, 0.717) is 0 Å². The van der Waals surface area contributed by atoms with Crippen LogP contribution in [0.5, 0.6) is 0 Å². The van der Waals surface area contributed by atoms with Crippen LogP contribution in [0.25, 0.3) is 0 Å². The van der Waals surface area contributed by atoms with Gasteiger partial charge in [0.25, 0.3) is 0 Å². The van der Waals surface area contributed by atoms with Gasteiger partial charge in [0.2, 0.25) is 0 Å². The van der Waals surface area contributed by atoms with Gasteiger partial charge in [-0.3, -0.25) is 0 Å². The van der Waals surface area contributed by atoms with Crippen LogP contribution in [0, 0.1) is 0 Å². The van der Waals surface area contributed by atoms with Crippen molar-refractivity contribution in [1.29, 1.82) is 0 Å². The fourth-order valence-corrected chi connectivity index (χ4v) is 0.401. The number of furan rings is 1. The fourth-order valence-electron chi connectivity index (χ4n) is 0.264. The fraction of sp³-hybridized carbons (Fsp3) is 0. The highest BCUT2D eigenvalue weighted by molar-refractivity contribution is 6.31. The zero-order chi connectivity index (χ0) is 4.41. The van der Waals surface area contributed by atoms with Gasteiger partial charge in [-0.05, 0) is 11.3 Å². The third-order valence-corrected chi connectivity index (χ3v) is 0.806. The van der Waals surface area contributed by atoms with Gasteiger partial charge < -0.3 is 4.42 Å². The summed E-state index contributed by atoms with van der Waals surface area (Å²) >= 11 is 0. The molecule has 1 nitrogen and oxygen atoms in total. The zero-order valence-corrected chi connectivity index (χ0v) is 4.14. The molecule has 0 aliphatic rings. The summed E-state index contributed by atoms with van der Waals surface area (Å²) in [4.78, 5) is 0. The largest absolute Gasteiger partial charge is 0.473 e. The molecule has 0 unspecified atom stereocenters. The van der Waals surface area contributed by atoms with E-state index in [2.05, 4.69) is 14.7 Å². The van der Waals surface area contributed by atoms with Gasteiger partial charge >= 0.3 is 0 Å². The Morgan fingerprint density at radius 2 is 2.50 bits per heavy atom. The summed E-state index contributed by atoms with van der Waals surface area (Å²) in [6.45, 7) is 0. The average molecular weight is 95.2 g/mol. The van der Waals surface area contributed by atoms with Crippen molar-refractivity contribution in [2.45, 2.75) is 0 Å². The van der Waals surface area contributed by atoms with E-state index in [0.717, 1.165) is 5.19 Å². The lowest BCUT2D eigenvalue weighted by Crippen LogP contribution is -1.92. The molecule has 0 N–H and O–H groups in total. The molecule has 0 bridgehead atoms. The van der Waals surface area contributed by atoms with Crippen LogP contribution < -0.4 is 5.19 Å². The van der Waals surface area contributed by atoms with Gasteiger partial charge in [0.15, 0.2) is 0 Å². The number of rotatable bonds is 0. The van der Waals surface area contributed by atoms with E-state index in [1.165, 1.54) is 0 Å². The summed E-state index contributed by atoms with van der Waals surface area (Å²) < 4.78 is 4.67. The highest BCUT2D eigenvalue weighted by Crippen LogP contribution is 1.75. The van der Waals surface area contributed by atoms with E-state index in [4.69, 9.17) is 0 Å². The molecule has 0 fully saturated rings. The predicted octanol–water partition coefficient (Wildman–Crippen LogP) is 0.0734. The highest BCUT2D eigenvalue weighted by atomic mass is 28.1. The first kappa shape index (κ1) is 3.68. The molecular formula is C4H3OSi. The minimum atomic E-state index is 0.981. The molecule has 0 aromatic carbocycles. The molecule has 6 heavy (non-hydrogen) atoms. The first-order valence-corrected chi connectivity index (χ1v) is 2.13. The van der Waals surface area contributed by atoms with Gasteiger partial charge in [-0.1, -0.05) is 0 Å². The Balaban J connectivity index is 3.05. The van der Waals surface area contributed by atoms with E-state index < -0.39 is 0 Å². The molecule has 0 atom stereocenters. The van der Waals surface area contributed by atoms with Crippen molar-refractivity contribution >= 4 is 15.4 Å². The lowest BCUT2D eigenvalue weighted by molar-refractivity contribution is 0.569. The second-order valence-corrected chi connectivity index (χ2v) is 1.59. The molecular weight excluding hydrogens is 92.1 g/mol. The predicted molar refractivity (Wildman–Crippen MR) is 24.1 cm³/mol. The van der Waals surface area contributed by atoms with Crippen molar-refractivity contribution in [2.24, 2.45) is 0 Å². The highest BCUT2D eigenvalue weighted by Gasteiger charge is 1.76. The Bertz CT molecular complexity index is 111. The zero-order valence-electron chi connectivity index (χ0n) is 3.14. The van der Waals surface area contributed by atoms with Gasteiger partial charge in [0, 0.05) is 0 Å². The molecule has 0 saturated heterocycles. The van der Waals surface area contributed by atoms with E-state index in [1.807, 2.05) is 6.07 Å². The lowest BCUT2D eigenvalue weighted by Gasteiger charge is -1.62. The Hall–Kier alpha value is -0.503. The minimum Gasteiger partial charge on any atom is -0.473 e. The molecule has 3 radical (unpaired) electrons. The molecule has 0 spiro atoms. The first-order valence-electron chi connectivity index (χ1n) is 1.63. The molecule has 0 aliphatic heterocycles. The van der Waals surface area contributed by atoms with Gasteiger partial charge in [0.05, 0.1) is 22.8 Å². The Labute approximate surface area is 39.4 Å². The van der Waals surface area contributed by atoms with Gasteiger partial charge in [0.1, 0.15) is 0 Å². The van der Waals surface area contributed by atoms with Gasteiger partial charge in [-0.25, -0.2) is 0 Å². The maximum absolute atomic E-state index is 4.67. The molecule has 0 aliphatic carbocycles. The minimum absolute atomic E-state index is 0.981. The summed E-state index contributed by atoms with van der Waals surface area (Å²) in [5.41, 5.74) is 0. The maximum atomic E-state index is 4.67. The first-order chi connectivity index (χ1) is 2.89. The van der Waals surface area contributed by atoms with Crippen molar-refractivity contribution in [3.63, 3.8) is 0 Å². The standard InChI is InChI=1S/C4H3OSi/c6-4-1-2-5-3-4/h1-3H. The average Bonchev–Trinajstić information content (AvgIpc) is 1.86. The van der Waals surface area contributed by atoms with Crippen molar-refractivity contribution in [1.82, 2.24) is 0 Å². The molecule has 1 aromatic heterocycles. The van der Waals surface area contributed by atoms with Crippen LogP contribution in [0.2, 0.25) is 0 Å². The van der Waals surface area contributed by atoms with Crippen LogP contribution in [0.15, 0.2) is 23.0 Å². The van der Waals surface area contributed by atoms with Crippen LogP contribution in [-0.2, 0) is 0 Å². The van der Waals surface area contributed by atoms with E-state index in [1.54, 1.807) is 12.5 Å². The number of hydrogen-bond donors (Lipinski definition) is 0. The van der Waals surface area contributed by atoms with E-state index in [9.17, 15) is 0 Å². The van der Waals surface area contributed by atoms with Crippen LogP contribution >= 0.6 is 0 Å². The molecule has 2 heteroatoms. The summed E-state index contributed by atoms with van der Waals surface area (Å²) in [5.74, 6) is 0. The van der Waals surface area contributed by atoms with Crippen molar-refractivity contribution in [2.75, 3.05) is 0 Å². The monoisotopic (exact) mass is 95.0 g/mol. The van der Waals surface area contributed by atoms with Crippen molar-refractivity contribution in [3.05, 3.63) is 18.6 Å². The molecule has 1 heterocycles. The van der Waals surface area contributed by atoms with Crippen LogP contribution in [-0.4, -0.2) is 10.2 Å². The Morgan fingerprint density at radius 1 is 1.67 bits per heavy atom. The maximum Gasteiger partial charge on any atom is 0.0900 e. The van der Waals surface area contributed by atoms with E-state index >= 15 is 0 Å². The molecule has 1 rings (SSSR count). The second-order valence-electron chi connectivity index (χ2n) is 1.01. The normalized spacial score (nSPS) is 8.83. The van der Waals surface area contributed by atoms with E-state index in [-0.39, 0.29) is 0 Å². The SMILES string of the molecule is [Si]c1ccoc1. The summed E-state index contributed by atoms with van der Waals surface area (Å²) in [6, 6.07) is 1.83. The summed E-state index contributed by atoms with van der Waals surface area (Å²) in [7, 11) is 3.23. The van der Waals surface area contributed by atoms with Crippen LogP contribution in [0.1, 0.15) is 0 Å². The van der Waals surface area contributed by atoms with Crippen molar-refractivity contribution < 1.29 is 4.42 Å². The summed E-state index contributed by atoms with van der Waals surface area (Å²) in [6.07, 6.45) is 3.24. The molecule has 0 amide bonds. The third-order valence-electron chi connectivity index (χ3n) is 0.521. The van der Waals surface area contributed by atoms with Crippen molar-refractivity contribution in [3.8, 4) is 0 Å². The Kier molecular flexibility index (Phi) is 0.799. The lowest BCUT2D eigenvalue weighted by atomic mass is 10.7. The quantitative estimate of drug-likeness (QED) is 0.416. The Morgan fingerprint density at radius 3 is 2.67 bits per heavy atom. The smallest absolute Gasteiger partial charge is 0.0900 e. The van der Waals surface area contributed by atoms with Gasteiger partial charge in [-0.15, -0.1) is 0 Å². The molecule has 1 aromatic rings.